The van der Waals surface area contributed by atoms with Gasteiger partial charge in [-0.3, -0.25) is 4.79 Å². The molecule has 26 heavy (non-hydrogen) atoms. The molecule has 0 radical (unpaired) electrons. The summed E-state index contributed by atoms with van der Waals surface area (Å²) in [7, 11) is 0. The number of carbonyl (C=O) groups is 1. The molecule has 2 aromatic rings. The number of anilines is 1. The van der Waals surface area contributed by atoms with Gasteiger partial charge in [-0.2, -0.15) is 0 Å². The van der Waals surface area contributed by atoms with Gasteiger partial charge in [-0.1, -0.05) is 50.7 Å². The number of halogens is 5. The van der Waals surface area contributed by atoms with Crippen LogP contribution in [0.4, 0.5) is 10.1 Å². The van der Waals surface area contributed by atoms with Crippen LogP contribution in [0.15, 0.2) is 53.0 Å². The average molecular weight is 500 g/mol. The van der Waals surface area contributed by atoms with E-state index in [0.717, 1.165) is 4.47 Å². The predicted octanol–water partition coefficient (Wildman–Crippen LogP) is 5.00. The molecular formula is C16H12BrCl3FN3OS. The molecule has 0 aromatic heterocycles. The van der Waals surface area contributed by atoms with E-state index in [1.807, 2.05) is 0 Å². The molecule has 138 valence electrons. The third-order valence-corrected chi connectivity index (χ3v) is 4.49. The van der Waals surface area contributed by atoms with Gasteiger partial charge in [0.25, 0.3) is 5.91 Å². The Morgan fingerprint density at radius 2 is 1.62 bits per heavy atom. The zero-order valence-electron chi connectivity index (χ0n) is 12.9. The largest absolute Gasteiger partial charge is 0.339 e. The molecule has 0 aliphatic carbocycles. The van der Waals surface area contributed by atoms with Crippen molar-refractivity contribution in [3.63, 3.8) is 0 Å². The van der Waals surface area contributed by atoms with Crippen molar-refractivity contribution in [2.75, 3.05) is 5.32 Å². The van der Waals surface area contributed by atoms with Gasteiger partial charge in [-0.25, -0.2) is 4.39 Å². The van der Waals surface area contributed by atoms with E-state index >= 15 is 0 Å². The number of carbonyl (C=O) groups excluding carboxylic acids is 1. The number of thiocarbonyl (C=S) groups is 1. The van der Waals surface area contributed by atoms with Crippen LogP contribution in [0.1, 0.15) is 10.4 Å². The van der Waals surface area contributed by atoms with Crippen LogP contribution >= 0.6 is 63.0 Å². The number of rotatable bonds is 4. The van der Waals surface area contributed by atoms with Crippen molar-refractivity contribution in [2.45, 2.75) is 9.96 Å². The zero-order valence-corrected chi connectivity index (χ0v) is 17.6. The maximum atomic E-state index is 12.9. The summed E-state index contributed by atoms with van der Waals surface area (Å²) in [4.78, 5) is 12.3. The molecule has 1 atom stereocenters. The van der Waals surface area contributed by atoms with Crippen LogP contribution in [0.25, 0.3) is 0 Å². The summed E-state index contributed by atoms with van der Waals surface area (Å²) >= 11 is 26.2. The number of nitrogens with one attached hydrogen (secondary N) is 3. The third-order valence-electron chi connectivity index (χ3n) is 3.09. The van der Waals surface area contributed by atoms with E-state index in [-0.39, 0.29) is 10.9 Å². The smallest absolute Gasteiger partial charge is 0.252 e. The minimum absolute atomic E-state index is 0.0871. The summed E-state index contributed by atoms with van der Waals surface area (Å²) in [5.41, 5.74) is 0.915. The molecule has 3 N–H and O–H groups in total. The van der Waals surface area contributed by atoms with Crippen molar-refractivity contribution in [3.05, 3.63) is 64.4 Å². The van der Waals surface area contributed by atoms with E-state index in [0.29, 0.717) is 11.3 Å². The molecule has 2 aromatic carbocycles. The van der Waals surface area contributed by atoms with E-state index < -0.39 is 15.9 Å². The molecule has 4 nitrogen and oxygen atoms in total. The fraction of sp³-hybridized carbons (Fsp3) is 0.125. The van der Waals surface area contributed by atoms with Gasteiger partial charge in [0, 0.05) is 15.7 Å². The number of benzene rings is 2. The average Bonchev–Trinajstić information content (AvgIpc) is 2.56. The van der Waals surface area contributed by atoms with Crippen molar-refractivity contribution < 1.29 is 9.18 Å². The Bertz CT molecular complexity index is 785. The molecule has 0 heterocycles. The summed E-state index contributed by atoms with van der Waals surface area (Å²) in [5.74, 6) is -0.832. The maximum Gasteiger partial charge on any atom is 0.252 e. The topological polar surface area (TPSA) is 53.2 Å². The first-order valence-electron chi connectivity index (χ1n) is 7.11. The molecule has 1 unspecified atom stereocenters. The molecule has 0 bridgehead atoms. The Morgan fingerprint density at radius 3 is 2.15 bits per heavy atom. The Balaban J connectivity index is 2.04. The fourth-order valence-corrected chi connectivity index (χ4v) is 2.67. The first-order chi connectivity index (χ1) is 12.1. The molecule has 1 amide bonds. The van der Waals surface area contributed by atoms with Crippen molar-refractivity contribution in [2.24, 2.45) is 0 Å². The van der Waals surface area contributed by atoms with Crippen LogP contribution in [0.2, 0.25) is 0 Å². The Morgan fingerprint density at radius 1 is 1.04 bits per heavy atom. The van der Waals surface area contributed by atoms with E-state index in [1.165, 1.54) is 24.3 Å². The summed E-state index contributed by atoms with van der Waals surface area (Å²) in [5, 5.41) is 8.19. The van der Waals surface area contributed by atoms with E-state index in [1.54, 1.807) is 24.3 Å². The second kappa shape index (κ2) is 9.19. The molecule has 2 rings (SSSR count). The number of alkyl halides is 3. The highest BCUT2D eigenvalue weighted by molar-refractivity contribution is 9.10. The molecule has 0 saturated carbocycles. The number of amides is 1. The monoisotopic (exact) mass is 497 g/mol. The maximum absolute atomic E-state index is 12.9. The van der Waals surface area contributed by atoms with Crippen LogP contribution in [0.3, 0.4) is 0 Å². The van der Waals surface area contributed by atoms with Crippen molar-refractivity contribution in [1.29, 1.82) is 0 Å². The lowest BCUT2D eigenvalue weighted by Crippen LogP contribution is -2.56. The highest BCUT2D eigenvalue weighted by Gasteiger charge is 2.34. The minimum Gasteiger partial charge on any atom is -0.339 e. The summed E-state index contributed by atoms with van der Waals surface area (Å²) < 4.78 is 11.9. The lowest BCUT2D eigenvalue weighted by Gasteiger charge is -2.27. The van der Waals surface area contributed by atoms with Crippen LogP contribution < -0.4 is 16.0 Å². The van der Waals surface area contributed by atoms with Crippen LogP contribution in [0.5, 0.6) is 0 Å². The van der Waals surface area contributed by atoms with Crippen LogP contribution in [-0.2, 0) is 0 Å². The van der Waals surface area contributed by atoms with Gasteiger partial charge < -0.3 is 16.0 Å². The van der Waals surface area contributed by atoms with E-state index in [2.05, 4.69) is 31.9 Å². The van der Waals surface area contributed by atoms with Gasteiger partial charge in [-0.05, 0) is 60.7 Å². The predicted molar refractivity (Wildman–Crippen MR) is 111 cm³/mol. The molecule has 10 heteroatoms. The summed E-state index contributed by atoms with van der Waals surface area (Å²) in [6.45, 7) is 0. The van der Waals surface area contributed by atoms with Gasteiger partial charge in [0.15, 0.2) is 5.11 Å². The van der Waals surface area contributed by atoms with Crippen LogP contribution in [0, 0.1) is 5.82 Å². The van der Waals surface area contributed by atoms with E-state index in [4.69, 9.17) is 47.0 Å². The quantitative estimate of drug-likeness (QED) is 0.315. The van der Waals surface area contributed by atoms with E-state index in [9.17, 15) is 9.18 Å². The second-order valence-corrected chi connectivity index (χ2v) is 8.75. The fourth-order valence-electron chi connectivity index (χ4n) is 1.85. The normalized spacial score (nSPS) is 12.2. The summed E-state index contributed by atoms with van der Waals surface area (Å²) in [6.07, 6.45) is -1.11. The van der Waals surface area contributed by atoms with Crippen molar-refractivity contribution >= 4 is 79.7 Å². The SMILES string of the molecule is O=C(NC(NC(=S)Nc1ccc(F)cc1)C(Cl)(Cl)Cl)c1ccc(Br)cc1. The van der Waals surface area contributed by atoms with Gasteiger partial charge in [0.1, 0.15) is 12.0 Å². The Labute approximate surface area is 178 Å². The molecular weight excluding hydrogens is 488 g/mol. The van der Waals surface area contributed by atoms with Gasteiger partial charge >= 0.3 is 0 Å². The Kier molecular flexibility index (Phi) is 7.49. The molecule has 0 aliphatic rings. The molecule has 0 spiro atoms. The highest BCUT2D eigenvalue weighted by atomic mass is 79.9. The minimum atomic E-state index is -1.88. The first-order valence-corrected chi connectivity index (χ1v) is 9.45. The molecule has 0 fully saturated rings. The van der Waals surface area contributed by atoms with Crippen LogP contribution in [-0.4, -0.2) is 21.0 Å². The Hall–Kier alpha value is -1.12. The molecule has 0 aliphatic heterocycles. The molecule has 0 saturated heterocycles. The lowest BCUT2D eigenvalue weighted by atomic mass is 10.2. The van der Waals surface area contributed by atoms with Gasteiger partial charge in [-0.15, -0.1) is 0 Å². The standard InChI is InChI=1S/C16H12BrCl3FN3OS/c17-10-3-1-9(2-4-10)13(25)23-14(16(18,19)20)24-15(26)22-12-7-5-11(21)6-8-12/h1-8,14H,(H,23,25)(H2,22,24,26). The van der Waals surface area contributed by atoms with Gasteiger partial charge in [0.05, 0.1) is 0 Å². The van der Waals surface area contributed by atoms with Gasteiger partial charge in [0.2, 0.25) is 3.79 Å². The zero-order chi connectivity index (χ0) is 19.3. The second-order valence-electron chi connectivity index (χ2n) is 5.06. The highest BCUT2D eigenvalue weighted by Crippen LogP contribution is 2.29. The summed E-state index contributed by atoms with van der Waals surface area (Å²) in [6, 6.07) is 12.2. The first kappa shape index (κ1) is 21.2. The third kappa shape index (κ3) is 6.55. The van der Waals surface area contributed by atoms with Crippen molar-refractivity contribution in [3.8, 4) is 0 Å². The number of hydrogen-bond acceptors (Lipinski definition) is 2. The lowest BCUT2D eigenvalue weighted by molar-refractivity contribution is 0.0934. The van der Waals surface area contributed by atoms with Crippen molar-refractivity contribution in [1.82, 2.24) is 10.6 Å². The number of hydrogen-bond donors (Lipinski definition) is 3.